The van der Waals surface area contributed by atoms with Gasteiger partial charge < -0.3 is 15.0 Å². The van der Waals surface area contributed by atoms with Crippen LogP contribution >= 0.6 is 23.2 Å². The molecule has 0 saturated heterocycles. The van der Waals surface area contributed by atoms with Crippen LogP contribution in [0, 0.1) is 0 Å². The van der Waals surface area contributed by atoms with Crippen molar-refractivity contribution in [3.05, 3.63) is 124 Å². The van der Waals surface area contributed by atoms with Crippen molar-refractivity contribution in [2.45, 2.75) is 69.0 Å². The molecule has 11 heteroatoms. The van der Waals surface area contributed by atoms with E-state index in [0.29, 0.717) is 21.4 Å². The summed E-state index contributed by atoms with van der Waals surface area (Å²) in [7, 11) is -4.27. The molecule has 0 heterocycles. The van der Waals surface area contributed by atoms with Crippen LogP contribution in [0.4, 0.5) is 5.69 Å². The molecule has 0 bridgehead atoms. The maximum atomic E-state index is 14.8. The molecule has 49 heavy (non-hydrogen) atoms. The summed E-state index contributed by atoms with van der Waals surface area (Å²) in [4.78, 5) is 30.6. The van der Waals surface area contributed by atoms with Crippen molar-refractivity contribution in [3.63, 3.8) is 0 Å². The highest BCUT2D eigenvalue weighted by molar-refractivity contribution is 7.92. The highest BCUT2D eigenvalue weighted by Crippen LogP contribution is 2.33. The molecule has 1 fully saturated rings. The summed E-state index contributed by atoms with van der Waals surface area (Å²) in [5.74, 6) is -0.558. The van der Waals surface area contributed by atoms with Gasteiger partial charge in [-0.15, -0.1) is 0 Å². The Bertz CT molecular complexity index is 1820. The van der Waals surface area contributed by atoms with Crippen LogP contribution in [0.15, 0.2) is 108 Å². The van der Waals surface area contributed by atoms with E-state index in [9.17, 15) is 18.0 Å². The molecule has 0 spiro atoms. The van der Waals surface area contributed by atoms with Crippen LogP contribution in [-0.2, 0) is 32.6 Å². The van der Waals surface area contributed by atoms with Crippen LogP contribution in [0.25, 0.3) is 0 Å². The van der Waals surface area contributed by atoms with Gasteiger partial charge in [0, 0.05) is 19.0 Å². The highest BCUT2D eigenvalue weighted by Gasteiger charge is 2.36. The second kappa shape index (κ2) is 17.1. The molecule has 1 N–H and O–H groups in total. The van der Waals surface area contributed by atoms with Crippen molar-refractivity contribution in [3.8, 4) is 5.75 Å². The third kappa shape index (κ3) is 9.35. The van der Waals surface area contributed by atoms with E-state index in [1.165, 1.54) is 17.0 Å². The van der Waals surface area contributed by atoms with Crippen molar-refractivity contribution in [2.75, 3.05) is 17.5 Å². The largest absolute Gasteiger partial charge is 0.492 e. The molecule has 0 unspecified atom stereocenters. The molecule has 8 nitrogen and oxygen atoms in total. The molecule has 258 valence electrons. The zero-order chi connectivity index (χ0) is 34.8. The summed E-state index contributed by atoms with van der Waals surface area (Å²) < 4.78 is 35.6. The Labute approximate surface area is 299 Å². The molecule has 0 radical (unpaired) electrons. The first-order valence-electron chi connectivity index (χ1n) is 16.5. The van der Waals surface area contributed by atoms with Gasteiger partial charge in [0.25, 0.3) is 10.0 Å². The number of hydrogen-bond acceptors (Lipinski definition) is 5. The third-order valence-corrected chi connectivity index (χ3v) is 11.1. The van der Waals surface area contributed by atoms with Crippen LogP contribution in [-0.4, -0.2) is 50.4 Å². The van der Waals surface area contributed by atoms with E-state index in [2.05, 4.69) is 5.32 Å². The van der Waals surface area contributed by atoms with Gasteiger partial charge in [-0.25, -0.2) is 8.42 Å². The molecule has 2 amide bonds. The van der Waals surface area contributed by atoms with E-state index in [1.807, 2.05) is 30.3 Å². The Balaban J connectivity index is 1.60. The first-order chi connectivity index (χ1) is 23.7. The smallest absolute Gasteiger partial charge is 0.264 e. The number of benzene rings is 4. The van der Waals surface area contributed by atoms with Gasteiger partial charge in [0.15, 0.2) is 0 Å². The number of halogens is 2. The normalized spacial score (nSPS) is 14.1. The molecule has 0 aliphatic heterocycles. The van der Waals surface area contributed by atoms with Crippen LogP contribution in [0.5, 0.6) is 5.75 Å². The zero-order valence-electron chi connectivity index (χ0n) is 27.4. The minimum absolute atomic E-state index is 0.00511. The van der Waals surface area contributed by atoms with Crippen LogP contribution in [0.3, 0.4) is 0 Å². The van der Waals surface area contributed by atoms with Gasteiger partial charge in [0.1, 0.15) is 18.3 Å². The summed E-state index contributed by atoms with van der Waals surface area (Å²) in [5, 5.41) is 3.87. The van der Waals surface area contributed by atoms with Crippen molar-refractivity contribution in [2.24, 2.45) is 0 Å². The number of nitrogens with zero attached hydrogens (tertiary/aromatic N) is 2. The molecule has 4 aromatic carbocycles. The molecular weight excluding hydrogens is 681 g/mol. The molecule has 1 saturated carbocycles. The Hall–Kier alpha value is -4.05. The highest BCUT2D eigenvalue weighted by atomic mass is 35.5. The van der Waals surface area contributed by atoms with Gasteiger partial charge in [-0.1, -0.05) is 109 Å². The van der Waals surface area contributed by atoms with Crippen LogP contribution in [0.2, 0.25) is 10.0 Å². The Kier molecular flexibility index (Phi) is 12.6. The fraction of sp³-hybridized carbons (Fsp3) is 0.316. The quantitative estimate of drug-likeness (QED) is 0.144. The van der Waals surface area contributed by atoms with Crippen molar-refractivity contribution < 1.29 is 22.7 Å². The third-order valence-electron chi connectivity index (χ3n) is 8.60. The summed E-state index contributed by atoms with van der Waals surface area (Å²) in [6.45, 7) is 1.48. The van der Waals surface area contributed by atoms with Gasteiger partial charge in [0.2, 0.25) is 11.8 Å². The molecule has 0 aromatic heterocycles. The van der Waals surface area contributed by atoms with Crippen molar-refractivity contribution in [1.82, 2.24) is 10.2 Å². The average molecular weight is 723 g/mol. The molecule has 1 atom stereocenters. The number of para-hydroxylation sites is 2. The molecule has 4 aromatic rings. The summed E-state index contributed by atoms with van der Waals surface area (Å²) in [6, 6.07) is 28.2. The number of ether oxygens (including phenoxy) is 1. The van der Waals surface area contributed by atoms with E-state index in [1.54, 1.807) is 67.6 Å². The number of sulfonamides is 1. The second-order valence-corrected chi connectivity index (χ2v) is 14.7. The fourth-order valence-corrected chi connectivity index (χ4v) is 7.87. The SMILES string of the molecule is CCOc1ccccc1N(CC(=O)N(Cc1ccc(Cl)c(Cl)c1)[C@H](Cc1ccccc1)C(=O)NC1CCCCC1)S(=O)(=O)c1ccccc1. The molecule has 1 aliphatic rings. The monoisotopic (exact) mass is 721 g/mol. The average Bonchev–Trinajstić information content (AvgIpc) is 3.12. The lowest BCUT2D eigenvalue weighted by molar-refractivity contribution is -0.140. The maximum Gasteiger partial charge on any atom is 0.264 e. The predicted molar refractivity (Wildman–Crippen MR) is 195 cm³/mol. The van der Waals surface area contributed by atoms with Gasteiger partial charge >= 0.3 is 0 Å². The molecular formula is C38H41Cl2N3O5S. The van der Waals surface area contributed by atoms with Gasteiger partial charge in [-0.3, -0.25) is 13.9 Å². The minimum atomic E-state index is -4.27. The number of amides is 2. The Morgan fingerprint density at radius 1 is 0.837 bits per heavy atom. The van der Waals surface area contributed by atoms with E-state index < -0.39 is 28.5 Å². The predicted octanol–water partition coefficient (Wildman–Crippen LogP) is 7.68. The van der Waals surface area contributed by atoms with Crippen LogP contribution in [0.1, 0.15) is 50.2 Å². The van der Waals surface area contributed by atoms with Crippen LogP contribution < -0.4 is 14.4 Å². The van der Waals surface area contributed by atoms with E-state index in [4.69, 9.17) is 27.9 Å². The summed E-state index contributed by atoms with van der Waals surface area (Å²) in [6.07, 6.45) is 5.10. The Morgan fingerprint density at radius 3 is 2.16 bits per heavy atom. The Morgan fingerprint density at radius 2 is 1.49 bits per heavy atom. The fourth-order valence-electron chi connectivity index (χ4n) is 6.11. The number of nitrogens with one attached hydrogen (secondary N) is 1. The number of hydrogen-bond donors (Lipinski definition) is 1. The lowest BCUT2D eigenvalue weighted by Crippen LogP contribution is -2.55. The van der Waals surface area contributed by atoms with E-state index in [-0.39, 0.29) is 42.1 Å². The topological polar surface area (TPSA) is 96.0 Å². The van der Waals surface area contributed by atoms with Gasteiger partial charge in [-0.05, 0) is 67.3 Å². The standard InChI is InChI=1S/C38H41Cl2N3O5S/c1-2-48-36-21-13-12-20-34(36)43(49(46,47)31-18-10-5-11-19-31)27-37(44)42(26-29-22-23-32(39)33(40)24-29)35(25-28-14-6-3-7-15-28)38(45)41-30-16-8-4-9-17-30/h3,5-7,10-15,18-24,30,35H,2,4,8-9,16-17,25-27H2,1H3,(H,41,45)/t35-/m1/s1. The summed E-state index contributed by atoms with van der Waals surface area (Å²) >= 11 is 12.6. The summed E-state index contributed by atoms with van der Waals surface area (Å²) in [5.41, 5.74) is 1.70. The van der Waals surface area contributed by atoms with Crippen molar-refractivity contribution >= 4 is 50.7 Å². The van der Waals surface area contributed by atoms with Gasteiger partial charge in [0.05, 0.1) is 27.2 Å². The van der Waals surface area contributed by atoms with E-state index >= 15 is 0 Å². The second-order valence-electron chi connectivity index (χ2n) is 12.0. The molecule has 1 aliphatic carbocycles. The number of carbonyl (C=O) groups excluding carboxylic acids is 2. The lowest BCUT2D eigenvalue weighted by atomic mass is 9.94. The van der Waals surface area contributed by atoms with Gasteiger partial charge in [-0.2, -0.15) is 0 Å². The maximum absolute atomic E-state index is 14.8. The minimum Gasteiger partial charge on any atom is -0.492 e. The first-order valence-corrected chi connectivity index (χ1v) is 18.7. The number of rotatable bonds is 14. The van der Waals surface area contributed by atoms with E-state index in [0.717, 1.165) is 42.0 Å². The molecule has 5 rings (SSSR count). The number of carbonyl (C=O) groups is 2. The number of anilines is 1. The van der Waals surface area contributed by atoms with Crippen molar-refractivity contribution in [1.29, 1.82) is 0 Å². The zero-order valence-corrected chi connectivity index (χ0v) is 29.8. The first kappa shape index (κ1) is 36.2. The lowest BCUT2D eigenvalue weighted by Gasteiger charge is -2.35.